The minimum atomic E-state index is -0.967. The highest BCUT2D eigenvalue weighted by molar-refractivity contribution is 5.79. The topological polar surface area (TPSA) is 82.9 Å². The molecule has 0 atom stereocenters. The van der Waals surface area contributed by atoms with Crippen LogP contribution in [0.3, 0.4) is 0 Å². The van der Waals surface area contributed by atoms with Gasteiger partial charge >= 0.3 is 6.01 Å². The Hall–Kier alpha value is -2.67. The van der Waals surface area contributed by atoms with Crippen LogP contribution in [0.5, 0.6) is 6.01 Å². The van der Waals surface area contributed by atoms with Crippen LogP contribution in [0.1, 0.15) is 57.4 Å². The van der Waals surface area contributed by atoms with Gasteiger partial charge in [0, 0.05) is 19.2 Å². The lowest BCUT2D eigenvalue weighted by atomic mass is 10.1. The molecule has 0 aliphatic heterocycles. The van der Waals surface area contributed by atoms with Gasteiger partial charge in [-0.25, -0.2) is 0 Å². The summed E-state index contributed by atoms with van der Waals surface area (Å²) in [6.07, 6.45) is 3.69. The fourth-order valence-electron chi connectivity index (χ4n) is 2.83. The van der Waals surface area contributed by atoms with Gasteiger partial charge in [0.2, 0.25) is 0 Å². The molecule has 2 N–H and O–H groups in total. The molecule has 30 heavy (non-hydrogen) atoms. The zero-order chi connectivity index (χ0) is 22.1. The van der Waals surface area contributed by atoms with Crippen molar-refractivity contribution in [2.45, 2.75) is 60.0 Å². The highest BCUT2D eigenvalue weighted by Gasteiger charge is 2.16. The first kappa shape index (κ1) is 23.6. The molecule has 2 aromatic rings. The van der Waals surface area contributed by atoms with E-state index in [-0.39, 0.29) is 12.6 Å². The lowest BCUT2D eigenvalue weighted by Crippen LogP contribution is -2.29. The average Bonchev–Trinajstić information content (AvgIpc) is 2.68. The Kier molecular flexibility index (Phi) is 8.59. The van der Waals surface area contributed by atoms with Crippen LogP contribution in [0.25, 0.3) is 0 Å². The van der Waals surface area contributed by atoms with Crippen LogP contribution in [0.15, 0.2) is 29.4 Å². The zero-order valence-corrected chi connectivity index (χ0v) is 19.1. The third-order valence-electron chi connectivity index (χ3n) is 4.47. The van der Waals surface area contributed by atoms with Gasteiger partial charge in [0.1, 0.15) is 12.4 Å². The van der Waals surface area contributed by atoms with Crippen LogP contribution in [0, 0.1) is 13.8 Å². The van der Waals surface area contributed by atoms with E-state index in [1.165, 1.54) is 11.1 Å². The molecule has 7 nitrogen and oxygen atoms in total. The third kappa shape index (κ3) is 7.63. The highest BCUT2D eigenvalue weighted by atomic mass is 16.5. The number of nitrogens with one attached hydrogen (secondary N) is 1. The maximum absolute atomic E-state index is 9.98. The molecule has 0 bridgehead atoms. The number of hydrazone groups is 1. The minimum Gasteiger partial charge on any atom is -0.460 e. The first-order chi connectivity index (χ1) is 14.2. The van der Waals surface area contributed by atoms with E-state index in [1.807, 2.05) is 12.1 Å². The molecule has 0 aliphatic carbocycles. The van der Waals surface area contributed by atoms with Crippen molar-refractivity contribution in [1.29, 1.82) is 0 Å². The van der Waals surface area contributed by atoms with Crippen LogP contribution >= 0.6 is 0 Å². The summed E-state index contributed by atoms with van der Waals surface area (Å²) in [7, 11) is 0. The number of aliphatic hydroxyl groups is 1. The molecule has 0 radical (unpaired) electrons. The minimum absolute atomic E-state index is 0.107. The Balaban J connectivity index is 2.26. The molecule has 0 saturated carbocycles. The highest BCUT2D eigenvalue weighted by Crippen LogP contribution is 2.18. The van der Waals surface area contributed by atoms with Crippen molar-refractivity contribution in [3.8, 4) is 6.01 Å². The quantitative estimate of drug-likeness (QED) is 0.422. The van der Waals surface area contributed by atoms with Gasteiger partial charge in [0.25, 0.3) is 0 Å². The van der Waals surface area contributed by atoms with E-state index in [0.717, 1.165) is 37.4 Å². The fraction of sp³-hybridized carbons (Fsp3) is 0.522. The molecule has 0 fully saturated rings. The average molecular weight is 414 g/mol. The molecular formula is C23H35N5O2. The van der Waals surface area contributed by atoms with E-state index < -0.39 is 5.60 Å². The van der Waals surface area contributed by atoms with Gasteiger partial charge in [-0.1, -0.05) is 19.9 Å². The number of aromatic nitrogens is 2. The van der Waals surface area contributed by atoms with Crippen LogP contribution in [0.4, 0.5) is 11.5 Å². The summed E-state index contributed by atoms with van der Waals surface area (Å²) in [4.78, 5) is 11.2. The number of benzene rings is 1. The second kappa shape index (κ2) is 10.9. The number of rotatable bonds is 11. The van der Waals surface area contributed by atoms with Crippen molar-refractivity contribution in [2.75, 3.05) is 30.0 Å². The van der Waals surface area contributed by atoms with Crippen molar-refractivity contribution in [1.82, 2.24) is 9.97 Å². The first-order valence-corrected chi connectivity index (χ1v) is 10.6. The van der Waals surface area contributed by atoms with E-state index in [4.69, 9.17) is 4.74 Å². The molecule has 1 aromatic carbocycles. The molecule has 7 heteroatoms. The molecule has 0 aliphatic rings. The fourth-order valence-corrected chi connectivity index (χ4v) is 2.83. The lowest BCUT2D eigenvalue weighted by molar-refractivity contribution is 0.0250. The summed E-state index contributed by atoms with van der Waals surface area (Å²) >= 11 is 0. The van der Waals surface area contributed by atoms with Crippen molar-refractivity contribution < 1.29 is 9.84 Å². The molecule has 0 saturated heterocycles. The van der Waals surface area contributed by atoms with E-state index in [9.17, 15) is 5.11 Å². The number of ether oxygens (including phenoxy) is 1. The van der Waals surface area contributed by atoms with Gasteiger partial charge in [0.15, 0.2) is 0 Å². The predicted molar refractivity (Wildman–Crippen MR) is 124 cm³/mol. The van der Waals surface area contributed by atoms with Gasteiger partial charge in [-0.15, -0.1) is 0 Å². The zero-order valence-electron chi connectivity index (χ0n) is 19.1. The molecular weight excluding hydrogens is 378 g/mol. The number of aryl methyl sites for hydroxylation is 2. The Morgan fingerprint density at radius 1 is 1.10 bits per heavy atom. The number of nitrogens with zero attached hydrogens (tertiary/aromatic N) is 4. The molecule has 0 unspecified atom stereocenters. The monoisotopic (exact) mass is 413 g/mol. The number of hydrogen-bond acceptors (Lipinski definition) is 7. The maximum Gasteiger partial charge on any atom is 0.319 e. The summed E-state index contributed by atoms with van der Waals surface area (Å²) in [5, 5.41) is 14.3. The molecule has 164 valence electrons. The van der Waals surface area contributed by atoms with Crippen LogP contribution < -0.4 is 15.1 Å². The maximum atomic E-state index is 9.98. The summed E-state index contributed by atoms with van der Waals surface area (Å²) in [5.74, 6) is 0.798. The van der Waals surface area contributed by atoms with Crippen LogP contribution in [-0.4, -0.2) is 46.6 Å². The smallest absolute Gasteiger partial charge is 0.319 e. The van der Waals surface area contributed by atoms with E-state index in [1.54, 1.807) is 20.1 Å². The van der Waals surface area contributed by atoms with E-state index in [2.05, 4.69) is 65.2 Å². The summed E-state index contributed by atoms with van der Waals surface area (Å²) in [6, 6.07) is 8.26. The van der Waals surface area contributed by atoms with E-state index in [0.29, 0.717) is 5.69 Å². The molecule has 0 amide bonds. The summed E-state index contributed by atoms with van der Waals surface area (Å²) in [5.41, 5.74) is 6.09. The first-order valence-electron chi connectivity index (χ1n) is 10.6. The normalized spacial score (nSPS) is 11.7. The predicted octanol–water partition coefficient (Wildman–Crippen LogP) is 4.32. The van der Waals surface area contributed by atoms with Crippen molar-refractivity contribution in [2.24, 2.45) is 5.10 Å². The van der Waals surface area contributed by atoms with Gasteiger partial charge in [-0.05, 0) is 63.8 Å². The summed E-state index contributed by atoms with van der Waals surface area (Å²) < 4.78 is 5.67. The molecule has 1 heterocycles. The van der Waals surface area contributed by atoms with Gasteiger partial charge < -0.3 is 14.7 Å². The SMILES string of the molecule is CCCN(CCC)c1cc(/C=N/Nc2ccc(C)c(C)c2)nc(OCC(C)(C)O)n1. The number of hydrogen-bond donors (Lipinski definition) is 2. The van der Waals surface area contributed by atoms with Crippen molar-refractivity contribution >= 4 is 17.7 Å². The lowest BCUT2D eigenvalue weighted by Gasteiger charge is -2.23. The summed E-state index contributed by atoms with van der Waals surface area (Å²) in [6.45, 7) is 13.7. The third-order valence-corrected chi connectivity index (χ3v) is 4.47. The molecule has 1 aromatic heterocycles. The van der Waals surface area contributed by atoms with Crippen LogP contribution in [0.2, 0.25) is 0 Å². The van der Waals surface area contributed by atoms with Gasteiger partial charge in [-0.2, -0.15) is 15.1 Å². The molecule has 0 spiro atoms. The van der Waals surface area contributed by atoms with Crippen molar-refractivity contribution in [3.63, 3.8) is 0 Å². The Bertz CT molecular complexity index is 840. The second-order valence-electron chi connectivity index (χ2n) is 8.19. The largest absolute Gasteiger partial charge is 0.460 e. The number of anilines is 2. The van der Waals surface area contributed by atoms with Gasteiger partial charge in [-0.3, -0.25) is 5.43 Å². The van der Waals surface area contributed by atoms with Gasteiger partial charge in [0.05, 0.1) is 23.2 Å². The van der Waals surface area contributed by atoms with Crippen molar-refractivity contribution in [3.05, 3.63) is 41.1 Å². The second-order valence-corrected chi connectivity index (χ2v) is 8.19. The Morgan fingerprint density at radius 2 is 1.80 bits per heavy atom. The molecule has 2 rings (SSSR count). The Morgan fingerprint density at radius 3 is 2.40 bits per heavy atom. The Labute approximate surface area is 180 Å². The van der Waals surface area contributed by atoms with Crippen LogP contribution in [-0.2, 0) is 0 Å². The van der Waals surface area contributed by atoms with E-state index >= 15 is 0 Å². The standard InChI is InChI=1S/C23H35N5O2/c1-7-11-28(12-8-2)21-14-20(25-22(26-21)30-16-23(5,6)29)15-24-27-19-10-9-17(3)18(4)13-19/h9-10,13-15,27,29H,7-8,11-12,16H2,1-6H3/b24-15+.